The summed E-state index contributed by atoms with van der Waals surface area (Å²) in [5.74, 6) is -0.571. The molecule has 0 spiro atoms. The second-order valence-corrected chi connectivity index (χ2v) is 3.61. The number of nitrogens with two attached hydrogens (primary N) is 1. The van der Waals surface area contributed by atoms with Gasteiger partial charge in [-0.05, 0) is 12.1 Å². The second kappa shape index (κ2) is 4.63. The molecule has 1 aromatic carbocycles. The summed E-state index contributed by atoms with van der Waals surface area (Å²) in [6, 6.07) is 11.1. The van der Waals surface area contributed by atoms with E-state index < -0.39 is 5.97 Å². The fourth-order valence-corrected chi connectivity index (χ4v) is 1.71. The van der Waals surface area contributed by atoms with Crippen molar-refractivity contribution in [3.05, 3.63) is 47.8 Å². The maximum absolute atomic E-state index is 11.7. The van der Waals surface area contributed by atoms with Gasteiger partial charge in [0.2, 0.25) is 0 Å². The third-order valence-electron chi connectivity index (χ3n) is 2.58. The molecule has 0 aliphatic rings. The van der Waals surface area contributed by atoms with Crippen molar-refractivity contribution in [3.8, 4) is 11.8 Å². The number of carbonyl (C=O) groups excluding carboxylic acids is 1. The molecule has 0 unspecified atom stereocenters. The van der Waals surface area contributed by atoms with Crippen LogP contribution in [0.15, 0.2) is 36.5 Å². The van der Waals surface area contributed by atoms with Gasteiger partial charge in [0, 0.05) is 11.9 Å². The van der Waals surface area contributed by atoms with E-state index in [2.05, 4.69) is 4.74 Å². The first-order chi connectivity index (χ1) is 8.69. The molecule has 5 nitrogen and oxygen atoms in total. The van der Waals surface area contributed by atoms with Crippen LogP contribution in [0.3, 0.4) is 0 Å². The zero-order valence-corrected chi connectivity index (χ0v) is 9.75. The van der Waals surface area contributed by atoms with Crippen molar-refractivity contribution in [3.63, 3.8) is 0 Å². The molecule has 0 saturated carbocycles. The third kappa shape index (κ3) is 1.80. The van der Waals surface area contributed by atoms with Crippen LogP contribution in [-0.2, 0) is 4.74 Å². The number of para-hydroxylation sites is 1. The number of methoxy groups -OCH3 is 1. The van der Waals surface area contributed by atoms with E-state index >= 15 is 0 Å². The molecular formula is C13H11N3O2. The highest BCUT2D eigenvalue weighted by molar-refractivity contribution is 5.95. The highest BCUT2D eigenvalue weighted by Crippen LogP contribution is 2.24. The predicted molar refractivity (Wildman–Crippen MR) is 66.2 cm³/mol. The Morgan fingerprint density at radius 2 is 2.06 bits per heavy atom. The lowest BCUT2D eigenvalue weighted by Crippen LogP contribution is -2.10. The van der Waals surface area contributed by atoms with Crippen LogP contribution in [0, 0.1) is 11.3 Å². The van der Waals surface area contributed by atoms with Gasteiger partial charge in [0.1, 0.15) is 6.07 Å². The quantitative estimate of drug-likeness (QED) is 0.811. The van der Waals surface area contributed by atoms with Gasteiger partial charge in [0.15, 0.2) is 5.69 Å². The fourth-order valence-electron chi connectivity index (χ4n) is 1.71. The summed E-state index contributed by atoms with van der Waals surface area (Å²) in [7, 11) is 1.27. The standard InChI is InChI=1S/C13H11N3O2/c1-18-13(17)12-11(15)9(7-14)8-16(12)10-5-3-2-4-6-10/h2-6,8H,15H2,1H3. The van der Waals surface area contributed by atoms with Crippen LogP contribution in [0.1, 0.15) is 16.1 Å². The lowest BCUT2D eigenvalue weighted by Gasteiger charge is -2.07. The Kier molecular flexibility index (Phi) is 3.02. The number of esters is 1. The van der Waals surface area contributed by atoms with E-state index in [0.717, 1.165) is 5.69 Å². The molecule has 0 amide bonds. The molecule has 0 radical (unpaired) electrons. The summed E-state index contributed by atoms with van der Waals surface area (Å²) in [6.07, 6.45) is 1.52. The first-order valence-electron chi connectivity index (χ1n) is 5.23. The van der Waals surface area contributed by atoms with Crippen molar-refractivity contribution in [1.82, 2.24) is 4.57 Å². The maximum Gasteiger partial charge on any atom is 0.357 e. The summed E-state index contributed by atoms with van der Waals surface area (Å²) < 4.78 is 6.24. The van der Waals surface area contributed by atoms with Gasteiger partial charge in [0.05, 0.1) is 18.4 Å². The Morgan fingerprint density at radius 3 is 2.61 bits per heavy atom. The van der Waals surface area contributed by atoms with Gasteiger partial charge in [-0.25, -0.2) is 4.79 Å². The van der Waals surface area contributed by atoms with Crippen molar-refractivity contribution < 1.29 is 9.53 Å². The molecular weight excluding hydrogens is 230 g/mol. The second-order valence-electron chi connectivity index (χ2n) is 3.61. The first-order valence-corrected chi connectivity index (χ1v) is 5.23. The Morgan fingerprint density at radius 1 is 1.39 bits per heavy atom. The highest BCUT2D eigenvalue weighted by atomic mass is 16.5. The van der Waals surface area contributed by atoms with E-state index in [4.69, 9.17) is 11.0 Å². The molecule has 0 saturated heterocycles. The molecule has 1 aromatic heterocycles. The van der Waals surface area contributed by atoms with Crippen molar-refractivity contribution in [2.75, 3.05) is 12.8 Å². The minimum atomic E-state index is -0.571. The third-order valence-corrected chi connectivity index (χ3v) is 2.58. The molecule has 0 bridgehead atoms. The van der Waals surface area contributed by atoms with Gasteiger partial charge in [-0.2, -0.15) is 5.26 Å². The predicted octanol–water partition coefficient (Wildman–Crippen LogP) is 1.72. The van der Waals surface area contributed by atoms with E-state index in [1.54, 1.807) is 4.57 Å². The average Bonchev–Trinajstić information content (AvgIpc) is 2.76. The summed E-state index contributed by atoms with van der Waals surface area (Å²) in [5, 5.41) is 8.96. The normalized spacial score (nSPS) is 9.78. The largest absolute Gasteiger partial charge is 0.464 e. The van der Waals surface area contributed by atoms with Crippen LogP contribution < -0.4 is 5.73 Å². The number of anilines is 1. The minimum Gasteiger partial charge on any atom is -0.464 e. The van der Waals surface area contributed by atoms with Gasteiger partial charge < -0.3 is 15.0 Å². The number of nitrogen functional groups attached to an aromatic ring is 1. The zero-order valence-electron chi connectivity index (χ0n) is 9.75. The Bertz CT molecular complexity index is 624. The fraction of sp³-hybridized carbons (Fsp3) is 0.0769. The van der Waals surface area contributed by atoms with Crippen molar-refractivity contribution in [1.29, 1.82) is 5.26 Å². The van der Waals surface area contributed by atoms with Crippen LogP contribution in [-0.4, -0.2) is 17.6 Å². The number of nitrogens with zero attached hydrogens (tertiary/aromatic N) is 2. The molecule has 2 aromatic rings. The summed E-state index contributed by atoms with van der Waals surface area (Å²) in [5.41, 5.74) is 7.07. The first kappa shape index (κ1) is 11.7. The van der Waals surface area contributed by atoms with Gasteiger partial charge >= 0.3 is 5.97 Å². The molecule has 0 aliphatic heterocycles. The Labute approximate surface area is 104 Å². The van der Waals surface area contributed by atoms with E-state index in [1.807, 2.05) is 36.4 Å². The van der Waals surface area contributed by atoms with E-state index in [1.165, 1.54) is 13.3 Å². The molecule has 5 heteroatoms. The SMILES string of the molecule is COC(=O)c1c(N)c(C#N)cn1-c1ccccc1. The van der Waals surface area contributed by atoms with Gasteiger partial charge in [-0.15, -0.1) is 0 Å². The summed E-state index contributed by atoms with van der Waals surface area (Å²) in [4.78, 5) is 11.7. The van der Waals surface area contributed by atoms with Gasteiger partial charge in [-0.3, -0.25) is 0 Å². The van der Waals surface area contributed by atoms with Crippen molar-refractivity contribution in [2.45, 2.75) is 0 Å². The number of benzene rings is 1. The summed E-state index contributed by atoms with van der Waals surface area (Å²) in [6.45, 7) is 0. The Balaban J connectivity index is 2.68. The van der Waals surface area contributed by atoms with Crippen LogP contribution in [0.25, 0.3) is 5.69 Å². The molecule has 0 atom stereocenters. The van der Waals surface area contributed by atoms with E-state index in [0.29, 0.717) is 0 Å². The lowest BCUT2D eigenvalue weighted by molar-refractivity contribution is 0.0593. The number of nitriles is 1. The van der Waals surface area contributed by atoms with Crippen molar-refractivity contribution >= 4 is 11.7 Å². The monoisotopic (exact) mass is 241 g/mol. The molecule has 2 rings (SSSR count). The number of hydrogen-bond donors (Lipinski definition) is 1. The lowest BCUT2D eigenvalue weighted by atomic mass is 10.2. The zero-order chi connectivity index (χ0) is 13.1. The average molecular weight is 241 g/mol. The molecule has 18 heavy (non-hydrogen) atoms. The number of carbonyl (C=O) groups is 1. The van der Waals surface area contributed by atoms with E-state index in [9.17, 15) is 4.79 Å². The molecule has 0 aliphatic carbocycles. The van der Waals surface area contributed by atoms with E-state index in [-0.39, 0.29) is 16.9 Å². The van der Waals surface area contributed by atoms with Crippen LogP contribution in [0.2, 0.25) is 0 Å². The van der Waals surface area contributed by atoms with Crippen LogP contribution in [0.5, 0.6) is 0 Å². The molecule has 2 N–H and O–H groups in total. The molecule has 1 heterocycles. The molecule has 90 valence electrons. The number of aromatic nitrogens is 1. The number of ether oxygens (including phenoxy) is 1. The summed E-state index contributed by atoms with van der Waals surface area (Å²) >= 11 is 0. The Hall–Kier alpha value is -2.74. The number of rotatable bonds is 2. The van der Waals surface area contributed by atoms with Gasteiger partial charge in [0.25, 0.3) is 0 Å². The molecule has 0 fully saturated rings. The van der Waals surface area contributed by atoms with Crippen LogP contribution in [0.4, 0.5) is 5.69 Å². The van der Waals surface area contributed by atoms with Crippen LogP contribution >= 0.6 is 0 Å². The number of hydrogen-bond acceptors (Lipinski definition) is 4. The smallest absolute Gasteiger partial charge is 0.357 e. The minimum absolute atomic E-state index is 0.133. The van der Waals surface area contributed by atoms with Gasteiger partial charge in [-0.1, -0.05) is 18.2 Å². The highest BCUT2D eigenvalue weighted by Gasteiger charge is 2.21. The topological polar surface area (TPSA) is 81.0 Å². The van der Waals surface area contributed by atoms with Crippen molar-refractivity contribution in [2.24, 2.45) is 0 Å². The maximum atomic E-state index is 11.7.